The predicted octanol–water partition coefficient (Wildman–Crippen LogP) is 2.28. The lowest BCUT2D eigenvalue weighted by Crippen LogP contribution is -2.63. The first-order valence-corrected chi connectivity index (χ1v) is 8.99. The zero-order valence-corrected chi connectivity index (χ0v) is 14.5. The maximum absolute atomic E-state index is 12.7. The number of para-hydroxylation sites is 1. The Morgan fingerprint density at radius 3 is 2.44 bits per heavy atom. The van der Waals surface area contributed by atoms with Crippen LogP contribution < -0.4 is 10.6 Å². The number of phenolic OH excluding ortho intramolecular Hbond substituents is 1. The third-order valence-electron chi connectivity index (χ3n) is 4.07. The number of amides is 2. The molecule has 128 valence electrons. The Bertz CT molecular complexity index is 836. The number of nitrogens with one attached hydrogen (secondary N) is 2. The molecule has 5 nitrogen and oxygen atoms in total. The SMILES string of the molecule is CS[C@@]1(Cc2ccccc2O)NC(=O)/C(=C/c2ccccc2)NC1=O. The van der Waals surface area contributed by atoms with E-state index in [-0.39, 0.29) is 29.7 Å². The van der Waals surface area contributed by atoms with E-state index in [9.17, 15) is 14.7 Å². The molecule has 2 amide bonds. The van der Waals surface area contributed by atoms with Crippen molar-refractivity contribution < 1.29 is 14.7 Å². The largest absolute Gasteiger partial charge is 0.508 e. The van der Waals surface area contributed by atoms with Crippen LogP contribution in [0.1, 0.15) is 11.1 Å². The van der Waals surface area contributed by atoms with Crippen LogP contribution in [0.25, 0.3) is 6.08 Å². The Labute approximate surface area is 150 Å². The van der Waals surface area contributed by atoms with E-state index in [1.54, 1.807) is 36.6 Å². The number of rotatable bonds is 4. The van der Waals surface area contributed by atoms with Gasteiger partial charge >= 0.3 is 0 Å². The first kappa shape index (κ1) is 17.1. The topological polar surface area (TPSA) is 78.4 Å². The van der Waals surface area contributed by atoms with Gasteiger partial charge in [-0.3, -0.25) is 9.59 Å². The molecule has 1 saturated heterocycles. The highest BCUT2D eigenvalue weighted by Gasteiger charge is 2.44. The van der Waals surface area contributed by atoms with Crippen LogP contribution in [0.4, 0.5) is 0 Å². The molecule has 25 heavy (non-hydrogen) atoms. The van der Waals surface area contributed by atoms with Gasteiger partial charge in [0.05, 0.1) is 0 Å². The molecule has 3 N–H and O–H groups in total. The molecule has 0 aromatic heterocycles. The van der Waals surface area contributed by atoms with Gasteiger partial charge in [-0.25, -0.2) is 0 Å². The zero-order chi connectivity index (χ0) is 17.9. The van der Waals surface area contributed by atoms with Gasteiger partial charge in [-0.1, -0.05) is 48.5 Å². The molecule has 1 heterocycles. The Kier molecular flexibility index (Phi) is 4.81. The standard InChI is InChI=1S/C19H18N2O3S/c1-25-19(12-14-9-5-6-10-16(14)22)18(24)20-15(17(23)21-19)11-13-7-3-2-4-8-13/h2-11,22H,12H2,1H3,(H,20,24)(H,21,23)/b15-11-/t19-/m1/s1. The molecular weight excluding hydrogens is 336 g/mol. The Balaban J connectivity index is 1.87. The van der Waals surface area contributed by atoms with Crippen LogP contribution in [0.3, 0.4) is 0 Å². The van der Waals surface area contributed by atoms with Gasteiger partial charge in [0.1, 0.15) is 11.4 Å². The summed E-state index contributed by atoms with van der Waals surface area (Å²) in [6.45, 7) is 0. The van der Waals surface area contributed by atoms with Crippen molar-refractivity contribution in [1.29, 1.82) is 0 Å². The first-order valence-electron chi connectivity index (χ1n) is 7.77. The number of carbonyl (C=O) groups excluding carboxylic acids is 2. The van der Waals surface area contributed by atoms with Crippen molar-refractivity contribution in [3.05, 3.63) is 71.4 Å². The number of thioether (sulfide) groups is 1. The molecular formula is C19H18N2O3S. The van der Waals surface area contributed by atoms with Crippen LogP contribution >= 0.6 is 11.8 Å². The quantitative estimate of drug-likeness (QED) is 0.736. The molecule has 2 aromatic carbocycles. The fraction of sp³-hybridized carbons (Fsp3) is 0.158. The minimum atomic E-state index is -1.16. The summed E-state index contributed by atoms with van der Waals surface area (Å²) in [6.07, 6.45) is 3.58. The van der Waals surface area contributed by atoms with E-state index in [4.69, 9.17) is 0 Å². The van der Waals surface area contributed by atoms with Crippen LogP contribution in [0.2, 0.25) is 0 Å². The number of carbonyl (C=O) groups is 2. The van der Waals surface area contributed by atoms with Crippen molar-refractivity contribution in [2.24, 2.45) is 0 Å². The highest BCUT2D eigenvalue weighted by Crippen LogP contribution is 2.31. The highest BCUT2D eigenvalue weighted by atomic mass is 32.2. The van der Waals surface area contributed by atoms with E-state index in [2.05, 4.69) is 10.6 Å². The predicted molar refractivity (Wildman–Crippen MR) is 98.8 cm³/mol. The van der Waals surface area contributed by atoms with Crippen LogP contribution in [0.5, 0.6) is 5.75 Å². The van der Waals surface area contributed by atoms with Gasteiger partial charge in [0, 0.05) is 6.42 Å². The molecule has 0 radical (unpaired) electrons. The van der Waals surface area contributed by atoms with E-state index >= 15 is 0 Å². The maximum Gasteiger partial charge on any atom is 0.269 e. The molecule has 0 unspecified atom stereocenters. The van der Waals surface area contributed by atoms with Crippen LogP contribution in [-0.4, -0.2) is 28.0 Å². The zero-order valence-electron chi connectivity index (χ0n) is 13.7. The van der Waals surface area contributed by atoms with Gasteiger partial charge in [-0.05, 0) is 29.5 Å². The summed E-state index contributed by atoms with van der Waals surface area (Å²) in [4.78, 5) is 24.1. The normalized spacial score (nSPS) is 21.7. The van der Waals surface area contributed by atoms with E-state index in [1.807, 2.05) is 30.3 Å². The number of hydrogen-bond donors (Lipinski definition) is 3. The number of piperazine rings is 1. The van der Waals surface area contributed by atoms with E-state index in [0.29, 0.717) is 5.56 Å². The number of benzene rings is 2. The highest BCUT2D eigenvalue weighted by molar-refractivity contribution is 8.00. The third kappa shape index (κ3) is 3.53. The van der Waals surface area contributed by atoms with E-state index in [1.165, 1.54) is 11.8 Å². The summed E-state index contributed by atoms with van der Waals surface area (Å²) in [5, 5.41) is 15.5. The molecule has 2 aromatic rings. The number of aromatic hydroxyl groups is 1. The summed E-state index contributed by atoms with van der Waals surface area (Å²) >= 11 is 1.23. The summed E-state index contributed by atoms with van der Waals surface area (Å²) in [6, 6.07) is 16.1. The summed E-state index contributed by atoms with van der Waals surface area (Å²) in [7, 11) is 0. The minimum Gasteiger partial charge on any atom is -0.508 e. The molecule has 1 aliphatic rings. The molecule has 0 saturated carbocycles. The fourth-order valence-corrected chi connectivity index (χ4v) is 3.41. The van der Waals surface area contributed by atoms with Crippen molar-refractivity contribution in [3.63, 3.8) is 0 Å². The van der Waals surface area contributed by atoms with Gasteiger partial charge in [0.25, 0.3) is 11.8 Å². The smallest absolute Gasteiger partial charge is 0.269 e. The summed E-state index contributed by atoms with van der Waals surface area (Å²) < 4.78 is 0. The molecule has 3 rings (SSSR count). The second kappa shape index (κ2) is 7.03. The Hall–Kier alpha value is -2.73. The van der Waals surface area contributed by atoms with Gasteiger partial charge in [0.15, 0.2) is 4.87 Å². The number of hydrogen-bond acceptors (Lipinski definition) is 4. The Morgan fingerprint density at radius 1 is 1.08 bits per heavy atom. The van der Waals surface area contributed by atoms with Gasteiger partial charge in [-0.15, -0.1) is 11.8 Å². The van der Waals surface area contributed by atoms with Gasteiger partial charge < -0.3 is 15.7 Å². The summed E-state index contributed by atoms with van der Waals surface area (Å²) in [5.41, 5.74) is 1.63. The Morgan fingerprint density at radius 2 is 1.76 bits per heavy atom. The lowest BCUT2D eigenvalue weighted by atomic mass is 10.0. The molecule has 1 atom stereocenters. The lowest BCUT2D eigenvalue weighted by molar-refractivity contribution is -0.132. The van der Waals surface area contributed by atoms with Crippen LogP contribution in [0, 0.1) is 0 Å². The second-order valence-electron chi connectivity index (χ2n) is 5.71. The first-order chi connectivity index (χ1) is 12.0. The average Bonchev–Trinajstić information content (AvgIpc) is 2.62. The average molecular weight is 354 g/mol. The van der Waals surface area contributed by atoms with Crippen LogP contribution in [-0.2, 0) is 16.0 Å². The minimum absolute atomic E-state index is 0.101. The third-order valence-corrected chi connectivity index (χ3v) is 5.19. The maximum atomic E-state index is 12.7. The van der Waals surface area contributed by atoms with E-state index in [0.717, 1.165) is 5.56 Å². The second-order valence-corrected chi connectivity index (χ2v) is 6.82. The van der Waals surface area contributed by atoms with Crippen molar-refractivity contribution in [2.75, 3.05) is 6.26 Å². The van der Waals surface area contributed by atoms with Crippen molar-refractivity contribution in [3.8, 4) is 5.75 Å². The molecule has 1 aliphatic heterocycles. The monoisotopic (exact) mass is 354 g/mol. The van der Waals surface area contributed by atoms with E-state index < -0.39 is 4.87 Å². The molecule has 0 spiro atoms. The molecule has 0 aliphatic carbocycles. The number of phenols is 1. The molecule has 6 heteroatoms. The van der Waals surface area contributed by atoms with Crippen molar-refractivity contribution >= 4 is 29.7 Å². The van der Waals surface area contributed by atoms with Crippen molar-refractivity contribution in [1.82, 2.24) is 10.6 Å². The van der Waals surface area contributed by atoms with Crippen LogP contribution in [0.15, 0.2) is 60.3 Å². The van der Waals surface area contributed by atoms with Crippen molar-refractivity contribution in [2.45, 2.75) is 11.3 Å². The lowest BCUT2D eigenvalue weighted by Gasteiger charge is -2.36. The molecule has 0 bridgehead atoms. The molecule has 1 fully saturated rings. The fourth-order valence-electron chi connectivity index (χ4n) is 2.67. The summed E-state index contributed by atoms with van der Waals surface area (Å²) in [5.74, 6) is -0.568. The van der Waals surface area contributed by atoms with Gasteiger partial charge in [-0.2, -0.15) is 0 Å². The van der Waals surface area contributed by atoms with Gasteiger partial charge in [0.2, 0.25) is 0 Å².